The van der Waals surface area contributed by atoms with E-state index < -0.39 is 30.0 Å². The molecule has 3 aromatic rings. The lowest BCUT2D eigenvalue weighted by molar-refractivity contribution is -0.384. The average Bonchev–Trinajstić information content (AvgIpc) is 3.28. The number of hydrogen-bond acceptors (Lipinski definition) is 7. The van der Waals surface area contributed by atoms with Crippen molar-refractivity contribution in [1.82, 2.24) is 0 Å². The first-order valence-electron chi connectivity index (χ1n) is 15.5. The Morgan fingerprint density at radius 3 is 2.56 bits per heavy atom. The zero-order chi connectivity index (χ0) is 31.7. The van der Waals surface area contributed by atoms with Gasteiger partial charge in [-0.3, -0.25) is 19.7 Å². The lowest BCUT2D eigenvalue weighted by atomic mass is 9.58. The van der Waals surface area contributed by atoms with Crippen LogP contribution in [0, 0.1) is 27.9 Å². The first-order valence-corrected chi connectivity index (χ1v) is 15.5. The van der Waals surface area contributed by atoms with E-state index >= 15 is 0 Å². The highest BCUT2D eigenvalue weighted by atomic mass is 16.6. The molecule has 1 aliphatic carbocycles. The zero-order valence-electron chi connectivity index (χ0n) is 25.0. The molecule has 3 aromatic carbocycles. The van der Waals surface area contributed by atoms with Gasteiger partial charge in [-0.05, 0) is 78.4 Å². The number of benzene rings is 3. The number of hydrogen-bond donors (Lipinski definition) is 2. The van der Waals surface area contributed by atoms with Crippen molar-refractivity contribution in [3.05, 3.63) is 111 Å². The summed E-state index contributed by atoms with van der Waals surface area (Å²) in [6.07, 6.45) is 4.95. The van der Waals surface area contributed by atoms with Crippen LogP contribution in [0.5, 0.6) is 5.75 Å². The number of nitro groups is 1. The number of carbonyl (C=O) groups excluding carboxylic acids is 2. The third-order valence-corrected chi connectivity index (χ3v) is 9.19. The molecule has 0 spiro atoms. The zero-order valence-corrected chi connectivity index (χ0v) is 25.0. The van der Waals surface area contributed by atoms with Gasteiger partial charge in [0.15, 0.2) is 0 Å². The number of aromatic hydroxyl groups is 1. The molecule has 4 atom stereocenters. The van der Waals surface area contributed by atoms with Gasteiger partial charge in [-0.25, -0.2) is 4.90 Å². The monoisotopic (exact) mass is 606 g/mol. The summed E-state index contributed by atoms with van der Waals surface area (Å²) in [6.45, 7) is 2.07. The quantitative estimate of drug-likeness (QED) is 0.0718. The van der Waals surface area contributed by atoms with Gasteiger partial charge in [-0.15, -0.1) is 0 Å². The van der Waals surface area contributed by atoms with Gasteiger partial charge in [0.25, 0.3) is 5.69 Å². The van der Waals surface area contributed by atoms with Crippen LogP contribution < -0.4 is 4.90 Å². The Morgan fingerprint density at radius 2 is 1.82 bits per heavy atom. The molecule has 6 rings (SSSR count). The Bertz CT molecular complexity index is 1690. The maximum atomic E-state index is 14.0. The SMILES string of the molecule is CCCC1=C2[C@@H](CC/C(=C/c3cccc(O)c3)c3ccccc3)OB(O)C[C@@H]2[C@@H]2C(=O)N(c3cccc([N+](=O)[O-])c3)C(=O)[C@@H]2C1. The number of imide groups is 1. The van der Waals surface area contributed by atoms with Crippen molar-refractivity contribution in [3.8, 4) is 5.75 Å². The number of nitro benzene ring substituents is 1. The minimum absolute atomic E-state index is 0.179. The van der Waals surface area contributed by atoms with E-state index in [1.165, 1.54) is 18.2 Å². The van der Waals surface area contributed by atoms with E-state index in [2.05, 4.69) is 6.92 Å². The predicted molar refractivity (Wildman–Crippen MR) is 172 cm³/mol. The van der Waals surface area contributed by atoms with Crippen molar-refractivity contribution >= 4 is 42.0 Å². The maximum Gasteiger partial charge on any atom is 0.455 e. The van der Waals surface area contributed by atoms with E-state index in [1.807, 2.05) is 42.5 Å². The molecule has 2 fully saturated rings. The van der Waals surface area contributed by atoms with E-state index in [0.717, 1.165) is 45.6 Å². The molecule has 10 heteroatoms. The van der Waals surface area contributed by atoms with Crippen LogP contribution >= 0.6 is 0 Å². The number of fused-ring (bicyclic) bond motifs is 3. The fourth-order valence-electron chi connectivity index (χ4n) is 7.36. The highest BCUT2D eigenvalue weighted by molar-refractivity contribution is 6.43. The highest BCUT2D eigenvalue weighted by Gasteiger charge is 2.57. The van der Waals surface area contributed by atoms with Crippen molar-refractivity contribution in [3.63, 3.8) is 0 Å². The largest absolute Gasteiger partial charge is 0.508 e. The first kappa shape index (κ1) is 30.5. The lowest BCUT2D eigenvalue weighted by Gasteiger charge is -2.43. The molecule has 0 bridgehead atoms. The third-order valence-electron chi connectivity index (χ3n) is 9.19. The van der Waals surface area contributed by atoms with Gasteiger partial charge in [-0.1, -0.05) is 73.5 Å². The van der Waals surface area contributed by atoms with E-state index in [1.54, 1.807) is 24.3 Å². The van der Waals surface area contributed by atoms with Gasteiger partial charge in [0.1, 0.15) is 5.75 Å². The van der Waals surface area contributed by atoms with Crippen LogP contribution in [0.25, 0.3) is 11.6 Å². The minimum Gasteiger partial charge on any atom is -0.508 e. The smallest absolute Gasteiger partial charge is 0.455 e. The van der Waals surface area contributed by atoms with E-state index in [9.17, 15) is 29.8 Å². The molecule has 230 valence electrons. The number of anilines is 1. The average molecular weight is 606 g/mol. The Balaban J connectivity index is 1.33. The molecule has 0 unspecified atom stereocenters. The van der Waals surface area contributed by atoms with Crippen LogP contribution in [0.3, 0.4) is 0 Å². The molecule has 9 nitrogen and oxygen atoms in total. The van der Waals surface area contributed by atoms with Crippen LogP contribution in [0.2, 0.25) is 6.32 Å². The fourth-order valence-corrected chi connectivity index (χ4v) is 7.36. The Hall–Kier alpha value is -4.54. The first-order chi connectivity index (χ1) is 21.7. The molecule has 0 aromatic heterocycles. The Morgan fingerprint density at radius 1 is 1.04 bits per heavy atom. The Labute approximate surface area is 262 Å². The predicted octanol–water partition coefficient (Wildman–Crippen LogP) is 6.42. The molecule has 2 amide bonds. The van der Waals surface area contributed by atoms with Crippen molar-refractivity contribution in [2.24, 2.45) is 17.8 Å². The topological polar surface area (TPSA) is 130 Å². The number of allylic oxidation sites excluding steroid dienone is 2. The van der Waals surface area contributed by atoms with E-state index in [4.69, 9.17) is 4.65 Å². The van der Waals surface area contributed by atoms with Crippen molar-refractivity contribution in [2.75, 3.05) is 4.90 Å². The highest BCUT2D eigenvalue weighted by Crippen LogP contribution is 2.52. The van der Waals surface area contributed by atoms with E-state index in [-0.39, 0.29) is 41.2 Å². The summed E-state index contributed by atoms with van der Waals surface area (Å²) >= 11 is 0. The molecule has 0 saturated carbocycles. The number of non-ortho nitro benzene ring substituents is 1. The molecule has 2 aliphatic heterocycles. The van der Waals surface area contributed by atoms with Gasteiger partial charge in [0.05, 0.1) is 28.6 Å². The molecule has 2 heterocycles. The number of amides is 2. The summed E-state index contributed by atoms with van der Waals surface area (Å²) in [5, 5.41) is 32.4. The molecule has 3 aliphatic rings. The van der Waals surface area contributed by atoms with Gasteiger partial charge in [0, 0.05) is 12.1 Å². The van der Waals surface area contributed by atoms with Crippen molar-refractivity contribution in [1.29, 1.82) is 0 Å². The number of phenolic OH excluding ortho intramolecular Hbond substituents is 1. The standard InChI is InChI=1S/C35H35BN2O7/c1-2-8-25-19-29-33(35(41)37(34(29)40)26-12-7-13-27(20-26)38(43)44)30-21-36(42)45-31(32(25)30)16-15-24(23-10-4-3-5-11-23)17-22-9-6-14-28(39)18-22/h3-7,9-14,17-18,20,29-31,33,39,42H,2,8,15-16,19,21H2,1H3/b24-17-/t29-,30+,31-,33-/m1/s1. The lowest BCUT2D eigenvalue weighted by Crippen LogP contribution is -2.46. The number of nitrogens with zero attached hydrogens (tertiary/aromatic N) is 2. The molecule has 2 N–H and O–H groups in total. The summed E-state index contributed by atoms with van der Waals surface area (Å²) in [6, 6.07) is 22.7. The van der Waals surface area contributed by atoms with Gasteiger partial charge in [0.2, 0.25) is 11.8 Å². The summed E-state index contributed by atoms with van der Waals surface area (Å²) in [5.41, 5.74) is 5.04. The summed E-state index contributed by atoms with van der Waals surface area (Å²) < 4.78 is 6.20. The Kier molecular flexibility index (Phi) is 8.69. The van der Waals surface area contributed by atoms with Crippen LogP contribution in [-0.2, 0) is 14.2 Å². The summed E-state index contributed by atoms with van der Waals surface area (Å²) in [4.78, 5) is 39.8. The van der Waals surface area contributed by atoms with E-state index in [0.29, 0.717) is 19.3 Å². The molecule has 45 heavy (non-hydrogen) atoms. The van der Waals surface area contributed by atoms with Crippen LogP contribution in [0.4, 0.5) is 11.4 Å². The van der Waals surface area contributed by atoms with Crippen molar-refractivity contribution < 1.29 is 29.3 Å². The number of rotatable bonds is 9. The van der Waals surface area contributed by atoms with Gasteiger partial charge >= 0.3 is 7.12 Å². The second-order valence-corrected chi connectivity index (χ2v) is 12.0. The fraction of sp³-hybridized carbons (Fsp3) is 0.314. The second kappa shape index (κ2) is 12.8. The van der Waals surface area contributed by atoms with Gasteiger partial charge < -0.3 is 14.8 Å². The molecule has 0 radical (unpaired) electrons. The maximum absolute atomic E-state index is 14.0. The summed E-state index contributed by atoms with van der Waals surface area (Å²) in [7, 11) is -1.10. The van der Waals surface area contributed by atoms with Crippen LogP contribution in [-0.4, -0.2) is 40.1 Å². The number of phenols is 1. The van der Waals surface area contributed by atoms with Gasteiger partial charge in [-0.2, -0.15) is 0 Å². The molecule has 2 saturated heterocycles. The molecular weight excluding hydrogens is 571 g/mol. The van der Waals surface area contributed by atoms with Crippen molar-refractivity contribution in [2.45, 2.75) is 51.5 Å². The summed E-state index contributed by atoms with van der Waals surface area (Å²) in [5.74, 6) is -2.21. The van der Waals surface area contributed by atoms with Crippen LogP contribution in [0.1, 0.15) is 50.2 Å². The molecular formula is C35H35BN2O7. The second-order valence-electron chi connectivity index (χ2n) is 12.0. The minimum atomic E-state index is -1.10. The number of carbonyl (C=O) groups is 2. The van der Waals surface area contributed by atoms with Crippen LogP contribution in [0.15, 0.2) is 90.0 Å². The normalized spacial score (nSPS) is 23.3. The third kappa shape index (κ3) is 6.08.